The third kappa shape index (κ3) is 1.96. The van der Waals surface area contributed by atoms with Crippen LogP contribution in [0.1, 0.15) is 32.6 Å². The highest BCUT2D eigenvalue weighted by Gasteiger charge is 2.48. The van der Waals surface area contributed by atoms with Crippen LogP contribution in [0.25, 0.3) is 0 Å². The Bertz CT molecular complexity index is 278. The van der Waals surface area contributed by atoms with Gasteiger partial charge in [-0.15, -0.1) is 0 Å². The minimum atomic E-state index is -0.794. The van der Waals surface area contributed by atoms with Crippen molar-refractivity contribution in [3.8, 4) is 0 Å². The van der Waals surface area contributed by atoms with Gasteiger partial charge in [0.15, 0.2) is 0 Å². The van der Waals surface area contributed by atoms with Crippen molar-refractivity contribution < 1.29 is 20.1 Å². The normalized spacial score (nSPS) is 48.4. The number of aliphatic hydroxyl groups excluding tert-OH is 2. The first-order chi connectivity index (χ1) is 7.50. The molecular weight excluding hydrogens is 208 g/mol. The van der Waals surface area contributed by atoms with Gasteiger partial charge in [-0.1, -0.05) is 6.92 Å². The second-order valence-electron chi connectivity index (χ2n) is 5.45. The first kappa shape index (κ1) is 11.9. The molecule has 0 amide bonds. The molecule has 0 aromatic carbocycles. The molecule has 2 aliphatic carbocycles. The van der Waals surface area contributed by atoms with Crippen molar-refractivity contribution in [1.82, 2.24) is 0 Å². The number of rotatable bonds is 1. The zero-order valence-corrected chi connectivity index (χ0v) is 9.54. The minimum absolute atomic E-state index is 0.128. The lowest BCUT2D eigenvalue weighted by atomic mass is 9.60. The summed E-state index contributed by atoms with van der Waals surface area (Å²) in [6.45, 7) is 1.95. The summed E-state index contributed by atoms with van der Waals surface area (Å²) in [5.74, 6) is -1.09. The Labute approximate surface area is 95.3 Å². The highest BCUT2D eigenvalue weighted by Crippen LogP contribution is 2.46. The first-order valence-electron chi connectivity index (χ1n) is 6.09. The van der Waals surface area contributed by atoms with Crippen LogP contribution in [0.2, 0.25) is 0 Å². The molecule has 0 aliphatic heterocycles. The predicted molar refractivity (Wildman–Crippen MR) is 57.8 cm³/mol. The molecule has 0 saturated heterocycles. The van der Waals surface area contributed by atoms with Crippen LogP contribution in [-0.4, -0.2) is 33.5 Å². The number of fused-ring (bicyclic) bond motifs is 1. The third-order valence-electron chi connectivity index (χ3n) is 4.38. The molecule has 0 bridgehead atoms. The van der Waals surface area contributed by atoms with Gasteiger partial charge in [-0.3, -0.25) is 4.79 Å². The predicted octanol–water partition coefficient (Wildman–Crippen LogP) is 0.865. The van der Waals surface area contributed by atoms with Gasteiger partial charge in [-0.2, -0.15) is 0 Å². The zero-order valence-electron chi connectivity index (χ0n) is 9.54. The van der Waals surface area contributed by atoms with Gasteiger partial charge in [0.05, 0.1) is 18.1 Å². The van der Waals surface area contributed by atoms with Crippen LogP contribution >= 0.6 is 0 Å². The van der Waals surface area contributed by atoms with Gasteiger partial charge in [-0.05, 0) is 37.5 Å². The Morgan fingerprint density at radius 2 is 1.88 bits per heavy atom. The van der Waals surface area contributed by atoms with E-state index in [1.54, 1.807) is 0 Å². The van der Waals surface area contributed by atoms with Crippen LogP contribution in [0.3, 0.4) is 0 Å². The van der Waals surface area contributed by atoms with Crippen LogP contribution in [0.4, 0.5) is 0 Å². The van der Waals surface area contributed by atoms with Crippen LogP contribution < -0.4 is 0 Å². The molecule has 4 nitrogen and oxygen atoms in total. The average molecular weight is 228 g/mol. The fourth-order valence-electron chi connectivity index (χ4n) is 3.64. The number of carboxylic acids is 1. The lowest BCUT2D eigenvalue weighted by molar-refractivity contribution is -0.157. The van der Waals surface area contributed by atoms with E-state index in [1.807, 2.05) is 6.92 Å². The van der Waals surface area contributed by atoms with Gasteiger partial charge in [-0.25, -0.2) is 0 Å². The van der Waals surface area contributed by atoms with Crippen molar-refractivity contribution in [3.63, 3.8) is 0 Å². The summed E-state index contributed by atoms with van der Waals surface area (Å²) in [6.07, 6.45) is 1.69. The summed E-state index contributed by atoms with van der Waals surface area (Å²) < 4.78 is 0. The summed E-state index contributed by atoms with van der Waals surface area (Å²) in [4.78, 5) is 11.3. The summed E-state index contributed by atoms with van der Waals surface area (Å²) in [6, 6.07) is 0. The summed E-state index contributed by atoms with van der Waals surface area (Å²) in [5, 5.41) is 28.8. The number of aliphatic carboxylic acids is 1. The van der Waals surface area contributed by atoms with Gasteiger partial charge in [0.1, 0.15) is 0 Å². The van der Waals surface area contributed by atoms with Gasteiger partial charge in [0, 0.05) is 5.92 Å². The smallest absolute Gasteiger partial charge is 0.307 e. The largest absolute Gasteiger partial charge is 0.481 e. The Kier molecular flexibility index (Phi) is 3.22. The number of aliphatic hydroxyl groups is 2. The number of hydrogen-bond donors (Lipinski definition) is 3. The van der Waals surface area contributed by atoms with Gasteiger partial charge < -0.3 is 15.3 Å². The molecule has 0 aromatic heterocycles. The van der Waals surface area contributed by atoms with E-state index in [4.69, 9.17) is 0 Å². The summed E-state index contributed by atoms with van der Waals surface area (Å²) in [5.41, 5.74) is 0. The average Bonchev–Trinajstić information content (AvgIpc) is 2.18. The van der Waals surface area contributed by atoms with Crippen molar-refractivity contribution in [1.29, 1.82) is 0 Å². The summed E-state index contributed by atoms with van der Waals surface area (Å²) >= 11 is 0. The fraction of sp³-hybridized carbons (Fsp3) is 0.917. The van der Waals surface area contributed by atoms with E-state index in [0.29, 0.717) is 12.8 Å². The Balaban J connectivity index is 2.21. The summed E-state index contributed by atoms with van der Waals surface area (Å²) in [7, 11) is 0. The maximum atomic E-state index is 11.3. The minimum Gasteiger partial charge on any atom is -0.481 e. The molecule has 0 radical (unpaired) electrons. The van der Waals surface area contributed by atoms with Crippen molar-refractivity contribution in [2.75, 3.05) is 0 Å². The molecule has 2 aliphatic rings. The quantitative estimate of drug-likeness (QED) is 0.622. The van der Waals surface area contributed by atoms with Gasteiger partial charge in [0.25, 0.3) is 0 Å². The molecule has 2 saturated carbocycles. The van der Waals surface area contributed by atoms with E-state index in [0.717, 1.165) is 12.8 Å². The lowest BCUT2D eigenvalue weighted by Crippen LogP contribution is -2.49. The second-order valence-corrected chi connectivity index (χ2v) is 5.45. The third-order valence-corrected chi connectivity index (χ3v) is 4.38. The molecule has 3 N–H and O–H groups in total. The Hall–Kier alpha value is -0.610. The molecule has 2 fully saturated rings. The highest BCUT2D eigenvalue weighted by molar-refractivity contribution is 5.71. The van der Waals surface area contributed by atoms with E-state index in [2.05, 4.69) is 0 Å². The second kappa shape index (κ2) is 4.34. The monoisotopic (exact) mass is 228 g/mol. The fourth-order valence-corrected chi connectivity index (χ4v) is 3.64. The maximum Gasteiger partial charge on any atom is 0.307 e. The highest BCUT2D eigenvalue weighted by atomic mass is 16.4. The molecule has 16 heavy (non-hydrogen) atoms. The first-order valence-corrected chi connectivity index (χ1v) is 6.09. The molecule has 92 valence electrons. The van der Waals surface area contributed by atoms with Crippen molar-refractivity contribution in [3.05, 3.63) is 0 Å². The Morgan fingerprint density at radius 3 is 2.50 bits per heavy atom. The van der Waals surface area contributed by atoms with E-state index in [1.165, 1.54) is 0 Å². The SMILES string of the molecule is CC1CCC2CC(O)CC(O)C2C1C(=O)O. The van der Waals surface area contributed by atoms with Crippen LogP contribution in [0.15, 0.2) is 0 Å². The number of carboxylic acid groups (broad SMARTS) is 1. The van der Waals surface area contributed by atoms with Gasteiger partial charge >= 0.3 is 5.97 Å². The number of hydrogen-bond acceptors (Lipinski definition) is 3. The topological polar surface area (TPSA) is 77.8 Å². The van der Waals surface area contributed by atoms with Crippen molar-refractivity contribution in [2.45, 2.75) is 44.8 Å². The molecule has 4 heteroatoms. The number of carbonyl (C=O) groups is 1. The van der Waals surface area contributed by atoms with Gasteiger partial charge in [0.2, 0.25) is 0 Å². The van der Waals surface area contributed by atoms with E-state index in [-0.39, 0.29) is 17.8 Å². The maximum absolute atomic E-state index is 11.3. The van der Waals surface area contributed by atoms with Crippen LogP contribution in [-0.2, 0) is 4.79 Å². The molecule has 0 spiro atoms. The molecule has 6 unspecified atom stereocenters. The lowest BCUT2D eigenvalue weighted by Gasteiger charge is -2.46. The molecule has 2 rings (SSSR count). The molecule has 0 aromatic rings. The van der Waals surface area contributed by atoms with Crippen molar-refractivity contribution >= 4 is 5.97 Å². The molecule has 0 heterocycles. The zero-order chi connectivity index (χ0) is 11.9. The Morgan fingerprint density at radius 1 is 1.19 bits per heavy atom. The van der Waals surface area contributed by atoms with E-state index < -0.39 is 24.1 Å². The molecule has 6 atom stereocenters. The van der Waals surface area contributed by atoms with Crippen LogP contribution in [0, 0.1) is 23.7 Å². The molecular formula is C12H20O4. The standard InChI is InChI=1S/C12H20O4/c1-6-2-3-7-4-8(13)5-9(14)11(7)10(6)12(15)16/h6-11,13-14H,2-5H2,1H3,(H,15,16). The van der Waals surface area contributed by atoms with Crippen LogP contribution in [0.5, 0.6) is 0 Å². The van der Waals surface area contributed by atoms with Crippen molar-refractivity contribution in [2.24, 2.45) is 23.7 Å². The van der Waals surface area contributed by atoms with E-state index >= 15 is 0 Å². The van der Waals surface area contributed by atoms with E-state index in [9.17, 15) is 20.1 Å².